The molecule has 4 aromatic heterocycles. The summed E-state index contributed by atoms with van der Waals surface area (Å²) in [4.78, 5) is 31.4. The van der Waals surface area contributed by atoms with Crippen LogP contribution in [-0.2, 0) is 25.7 Å². The smallest absolute Gasteiger partial charge is 0.346 e. The Hall–Kier alpha value is -3.31. The summed E-state index contributed by atoms with van der Waals surface area (Å²) in [5, 5.41) is 5.30. The van der Waals surface area contributed by atoms with Crippen LogP contribution >= 0.6 is 11.3 Å². The molecule has 7 nitrogen and oxygen atoms in total. The number of aromatic amines is 1. The summed E-state index contributed by atoms with van der Waals surface area (Å²) in [6, 6.07) is 2.84. The van der Waals surface area contributed by atoms with Crippen molar-refractivity contribution in [3.63, 3.8) is 0 Å². The number of H-pyrrole nitrogens is 1. The summed E-state index contributed by atoms with van der Waals surface area (Å²) in [5.41, 5.74) is 2.29. The van der Waals surface area contributed by atoms with E-state index in [0.29, 0.717) is 25.1 Å². The number of fused-ring (bicyclic) bond motifs is 2. The maximum Gasteiger partial charge on any atom is 0.417 e. The highest BCUT2D eigenvalue weighted by molar-refractivity contribution is 7.10. The molecule has 0 saturated heterocycles. The Bertz CT molecular complexity index is 1300. The van der Waals surface area contributed by atoms with Gasteiger partial charge in [0.25, 0.3) is 5.91 Å². The number of aromatic nitrogens is 4. The van der Waals surface area contributed by atoms with Crippen LogP contribution in [-0.4, -0.2) is 37.3 Å². The van der Waals surface area contributed by atoms with E-state index in [1.807, 2.05) is 12.3 Å². The molecule has 0 aliphatic carbocycles. The third kappa shape index (κ3) is 3.96. The maximum absolute atomic E-state index is 12.9. The lowest BCUT2D eigenvalue weighted by atomic mass is 10.0. The Morgan fingerprint density at radius 1 is 1.28 bits per heavy atom. The number of thiophene rings is 1. The number of carbonyl (C=O) groups excluding carboxylic acids is 1. The van der Waals surface area contributed by atoms with E-state index in [1.165, 1.54) is 17.5 Å². The normalized spacial score (nSPS) is 14.5. The van der Waals surface area contributed by atoms with E-state index in [9.17, 15) is 18.0 Å². The predicted octanol–water partition coefficient (Wildman–Crippen LogP) is 4.24. The van der Waals surface area contributed by atoms with Gasteiger partial charge in [-0.1, -0.05) is 0 Å². The third-order valence-electron chi connectivity index (χ3n) is 5.40. The second kappa shape index (κ2) is 7.99. The molecule has 0 bridgehead atoms. The molecule has 0 atom stereocenters. The second-order valence-corrected chi connectivity index (χ2v) is 8.45. The number of alkyl halides is 3. The number of pyridine rings is 1. The number of halogens is 3. The standard InChI is InChI=1S/C21H17F3N6OS/c22-21(23,24)12-5-13(7-25-6-12)29-20(31)16-10-32-18-9-30(4-2-14(16)18)8-17-15-1-3-26-19(15)28-11-27-17/h1,3,5-7,10-11H,2,4,8-9H2,(H,29,31)(H,26,27,28). The molecule has 4 aromatic rings. The summed E-state index contributed by atoms with van der Waals surface area (Å²) in [6.07, 6.45) is 1.46. The van der Waals surface area contributed by atoms with Crippen molar-refractivity contribution in [1.82, 2.24) is 24.8 Å². The number of carbonyl (C=O) groups is 1. The highest BCUT2D eigenvalue weighted by atomic mass is 32.1. The van der Waals surface area contributed by atoms with Gasteiger partial charge in [0.2, 0.25) is 0 Å². The fourth-order valence-electron chi connectivity index (χ4n) is 3.83. The lowest BCUT2D eigenvalue weighted by Gasteiger charge is -2.27. The number of hydrogen-bond donors (Lipinski definition) is 2. The number of nitrogens with zero attached hydrogens (tertiary/aromatic N) is 4. The summed E-state index contributed by atoms with van der Waals surface area (Å²) >= 11 is 1.48. The Morgan fingerprint density at radius 2 is 2.16 bits per heavy atom. The van der Waals surface area contributed by atoms with Gasteiger partial charge in [0.1, 0.15) is 12.0 Å². The molecule has 0 spiro atoms. The van der Waals surface area contributed by atoms with Crippen LogP contribution in [0, 0.1) is 0 Å². The quantitative estimate of drug-likeness (QED) is 0.478. The van der Waals surface area contributed by atoms with Crippen LogP contribution in [0.5, 0.6) is 0 Å². The number of amides is 1. The first kappa shape index (κ1) is 20.6. The monoisotopic (exact) mass is 458 g/mol. The number of anilines is 1. The average molecular weight is 458 g/mol. The molecule has 5 heterocycles. The van der Waals surface area contributed by atoms with Crippen molar-refractivity contribution < 1.29 is 18.0 Å². The Morgan fingerprint density at radius 3 is 3.00 bits per heavy atom. The largest absolute Gasteiger partial charge is 0.417 e. The van der Waals surface area contributed by atoms with Crippen LogP contribution < -0.4 is 5.32 Å². The fraction of sp³-hybridized carbons (Fsp3) is 0.238. The van der Waals surface area contributed by atoms with Gasteiger partial charge in [-0.15, -0.1) is 11.3 Å². The van der Waals surface area contributed by atoms with E-state index < -0.39 is 17.6 Å². The second-order valence-electron chi connectivity index (χ2n) is 7.49. The Labute approximate surface area is 184 Å². The molecular weight excluding hydrogens is 441 g/mol. The van der Waals surface area contributed by atoms with Gasteiger partial charge in [-0.3, -0.25) is 14.7 Å². The van der Waals surface area contributed by atoms with Gasteiger partial charge in [-0.25, -0.2) is 9.97 Å². The lowest BCUT2D eigenvalue weighted by molar-refractivity contribution is -0.137. The zero-order chi connectivity index (χ0) is 22.3. The summed E-state index contributed by atoms with van der Waals surface area (Å²) in [5.74, 6) is -0.429. The zero-order valence-electron chi connectivity index (χ0n) is 16.6. The molecule has 11 heteroatoms. The van der Waals surface area contributed by atoms with Gasteiger partial charge in [0.05, 0.1) is 28.7 Å². The minimum absolute atomic E-state index is 0.0153. The molecule has 1 aliphatic heterocycles. The minimum atomic E-state index is -4.52. The zero-order valence-corrected chi connectivity index (χ0v) is 17.4. The molecule has 0 saturated carbocycles. The SMILES string of the molecule is O=C(Nc1cncc(C(F)(F)F)c1)c1csc2c1CCN(Cc1ncnc3[nH]ccc13)C2. The average Bonchev–Trinajstić information content (AvgIpc) is 3.40. The molecule has 32 heavy (non-hydrogen) atoms. The molecule has 0 aromatic carbocycles. The van der Waals surface area contributed by atoms with Crippen molar-refractivity contribution in [2.45, 2.75) is 25.7 Å². The van der Waals surface area contributed by atoms with E-state index in [0.717, 1.165) is 46.0 Å². The summed E-state index contributed by atoms with van der Waals surface area (Å²) in [7, 11) is 0. The highest BCUT2D eigenvalue weighted by Gasteiger charge is 2.31. The van der Waals surface area contributed by atoms with Crippen LogP contribution in [0.3, 0.4) is 0 Å². The van der Waals surface area contributed by atoms with Crippen LogP contribution in [0.4, 0.5) is 18.9 Å². The summed E-state index contributed by atoms with van der Waals surface area (Å²) in [6.45, 7) is 2.07. The first-order valence-electron chi connectivity index (χ1n) is 9.80. The maximum atomic E-state index is 12.9. The highest BCUT2D eigenvalue weighted by Crippen LogP contribution is 2.32. The predicted molar refractivity (Wildman–Crippen MR) is 113 cm³/mol. The van der Waals surface area contributed by atoms with Crippen molar-refractivity contribution in [2.24, 2.45) is 0 Å². The Kier molecular flexibility index (Phi) is 5.14. The van der Waals surface area contributed by atoms with E-state index in [-0.39, 0.29) is 5.69 Å². The van der Waals surface area contributed by atoms with Gasteiger partial charge in [-0.05, 0) is 24.1 Å². The lowest BCUT2D eigenvalue weighted by Crippen LogP contribution is -2.30. The fourth-order valence-corrected chi connectivity index (χ4v) is 4.95. The van der Waals surface area contributed by atoms with Crippen LogP contribution in [0.1, 0.15) is 32.1 Å². The number of rotatable bonds is 4. The van der Waals surface area contributed by atoms with Gasteiger partial charge in [-0.2, -0.15) is 13.2 Å². The van der Waals surface area contributed by atoms with Crippen molar-refractivity contribution >= 4 is 34.0 Å². The van der Waals surface area contributed by atoms with E-state index >= 15 is 0 Å². The molecule has 0 radical (unpaired) electrons. The summed E-state index contributed by atoms with van der Waals surface area (Å²) < 4.78 is 38.7. The molecule has 0 fully saturated rings. The molecule has 1 amide bonds. The van der Waals surface area contributed by atoms with Crippen molar-refractivity contribution in [2.75, 3.05) is 11.9 Å². The van der Waals surface area contributed by atoms with Gasteiger partial charge < -0.3 is 10.3 Å². The van der Waals surface area contributed by atoms with Crippen molar-refractivity contribution in [1.29, 1.82) is 0 Å². The van der Waals surface area contributed by atoms with E-state index in [2.05, 4.69) is 30.2 Å². The molecule has 1 aliphatic rings. The van der Waals surface area contributed by atoms with Crippen LogP contribution in [0.15, 0.2) is 42.4 Å². The van der Waals surface area contributed by atoms with Gasteiger partial charge in [0, 0.05) is 47.7 Å². The third-order valence-corrected chi connectivity index (χ3v) is 6.42. The molecule has 164 valence electrons. The molecule has 2 N–H and O–H groups in total. The van der Waals surface area contributed by atoms with Crippen molar-refractivity contribution in [3.05, 3.63) is 69.7 Å². The first-order chi connectivity index (χ1) is 15.4. The number of hydrogen-bond acceptors (Lipinski definition) is 6. The van der Waals surface area contributed by atoms with Crippen molar-refractivity contribution in [3.8, 4) is 0 Å². The van der Waals surface area contributed by atoms with Crippen LogP contribution in [0.25, 0.3) is 11.0 Å². The molecular formula is C21H17F3N6OS. The van der Waals surface area contributed by atoms with Gasteiger partial charge >= 0.3 is 6.18 Å². The van der Waals surface area contributed by atoms with Crippen LogP contribution in [0.2, 0.25) is 0 Å². The molecule has 5 rings (SSSR count). The van der Waals surface area contributed by atoms with Gasteiger partial charge in [0.15, 0.2) is 0 Å². The molecule has 0 unspecified atom stereocenters. The van der Waals surface area contributed by atoms with E-state index in [1.54, 1.807) is 11.7 Å². The Balaban J connectivity index is 1.30. The van der Waals surface area contributed by atoms with E-state index in [4.69, 9.17) is 0 Å². The topological polar surface area (TPSA) is 86.8 Å². The number of nitrogens with one attached hydrogen (secondary N) is 2. The minimum Gasteiger partial charge on any atom is -0.346 e. The first-order valence-corrected chi connectivity index (χ1v) is 10.7.